The molecule has 7 nitrogen and oxygen atoms in total. The molecule has 0 saturated carbocycles. The monoisotopic (exact) mass is 417 g/mol. The Morgan fingerprint density at radius 2 is 1.87 bits per heavy atom. The summed E-state index contributed by atoms with van der Waals surface area (Å²) in [6.07, 6.45) is 3.32. The average Bonchev–Trinajstić information content (AvgIpc) is 3.18. The molecule has 0 radical (unpaired) electrons. The first-order valence-corrected chi connectivity index (χ1v) is 10.2. The number of rotatable bonds is 8. The molecule has 1 unspecified atom stereocenters. The quantitative estimate of drug-likeness (QED) is 0.455. The summed E-state index contributed by atoms with van der Waals surface area (Å²) in [4.78, 5) is 11.1. The van der Waals surface area contributed by atoms with Gasteiger partial charge in [-0.25, -0.2) is 4.98 Å². The number of fused-ring (bicyclic) bond motifs is 1. The topological polar surface area (TPSA) is 75.4 Å². The largest absolute Gasteiger partial charge is 0.491 e. The fourth-order valence-electron chi connectivity index (χ4n) is 3.44. The minimum Gasteiger partial charge on any atom is -0.491 e. The van der Waals surface area contributed by atoms with E-state index in [-0.39, 0.29) is 6.61 Å². The smallest absolute Gasteiger partial charge is 0.229 e. The van der Waals surface area contributed by atoms with E-state index < -0.39 is 6.10 Å². The third-order valence-electron chi connectivity index (χ3n) is 4.90. The van der Waals surface area contributed by atoms with Crippen molar-refractivity contribution < 1.29 is 9.84 Å². The van der Waals surface area contributed by atoms with Crippen LogP contribution in [0.5, 0.6) is 5.75 Å². The second-order valence-corrected chi connectivity index (χ2v) is 7.82. The number of aliphatic hydroxyl groups excluding tert-OH is 1. The van der Waals surface area contributed by atoms with Gasteiger partial charge < -0.3 is 24.6 Å². The number of hydrogen-bond donors (Lipinski definition) is 2. The fraction of sp³-hybridized carbons (Fsp3) is 0.250. The number of aromatic nitrogens is 3. The van der Waals surface area contributed by atoms with E-state index >= 15 is 0 Å². The third kappa shape index (κ3) is 5.02. The van der Waals surface area contributed by atoms with Gasteiger partial charge in [-0.1, -0.05) is 18.2 Å². The number of nitrogens with one attached hydrogen (secondary N) is 1. The average molecular weight is 418 g/mol. The molecule has 31 heavy (non-hydrogen) atoms. The molecule has 4 rings (SSSR count). The lowest BCUT2D eigenvalue weighted by Gasteiger charge is -2.16. The molecule has 2 N–H and O–H groups in total. The summed E-state index contributed by atoms with van der Waals surface area (Å²) in [5, 5.41) is 14.3. The van der Waals surface area contributed by atoms with Crippen LogP contribution in [0.2, 0.25) is 0 Å². The van der Waals surface area contributed by atoms with Crippen molar-refractivity contribution in [2.45, 2.75) is 13.0 Å². The zero-order valence-corrected chi connectivity index (χ0v) is 18.0. The highest BCUT2D eigenvalue weighted by atomic mass is 16.5. The molecule has 0 fully saturated rings. The molecule has 2 heterocycles. The van der Waals surface area contributed by atoms with Crippen molar-refractivity contribution in [1.82, 2.24) is 19.4 Å². The van der Waals surface area contributed by atoms with Gasteiger partial charge in [0.05, 0.1) is 5.52 Å². The van der Waals surface area contributed by atoms with E-state index in [0.29, 0.717) is 18.2 Å². The molecule has 0 aliphatic rings. The second kappa shape index (κ2) is 9.16. The number of para-hydroxylation sites is 1. The van der Waals surface area contributed by atoms with Crippen LogP contribution in [0, 0.1) is 6.92 Å². The molecule has 0 bridgehead atoms. The summed E-state index contributed by atoms with van der Waals surface area (Å²) in [5.41, 5.74) is 2.95. The maximum absolute atomic E-state index is 9.93. The Hall–Kier alpha value is -3.42. The SMILES string of the molecule is Cc1cnc(Nc2ccc(OCC(O)CN(C)C)cc2)nc1-n1ccc2ccccc21. The maximum atomic E-state index is 9.93. The van der Waals surface area contributed by atoms with E-state index in [1.54, 1.807) is 0 Å². The van der Waals surface area contributed by atoms with Gasteiger partial charge in [0, 0.05) is 30.2 Å². The lowest BCUT2D eigenvalue weighted by Crippen LogP contribution is -2.30. The Bertz CT molecular complexity index is 1150. The van der Waals surface area contributed by atoms with Gasteiger partial charge in [-0.15, -0.1) is 0 Å². The molecule has 2 aromatic heterocycles. The third-order valence-corrected chi connectivity index (χ3v) is 4.90. The zero-order chi connectivity index (χ0) is 21.8. The van der Waals surface area contributed by atoms with Crippen molar-refractivity contribution in [2.75, 3.05) is 32.6 Å². The lowest BCUT2D eigenvalue weighted by molar-refractivity contribution is 0.0831. The number of nitrogens with zero attached hydrogens (tertiary/aromatic N) is 4. The number of aryl methyl sites for hydroxylation is 1. The van der Waals surface area contributed by atoms with E-state index in [0.717, 1.165) is 22.6 Å². The van der Waals surface area contributed by atoms with Crippen LogP contribution in [-0.4, -0.2) is 57.9 Å². The van der Waals surface area contributed by atoms with Crippen molar-refractivity contribution >= 4 is 22.5 Å². The van der Waals surface area contributed by atoms with Crippen molar-refractivity contribution in [2.24, 2.45) is 0 Å². The van der Waals surface area contributed by atoms with Crippen LogP contribution in [0.1, 0.15) is 5.56 Å². The molecule has 0 saturated heterocycles. The summed E-state index contributed by atoms with van der Waals surface area (Å²) in [6, 6.07) is 17.8. The fourth-order valence-corrected chi connectivity index (χ4v) is 3.44. The highest BCUT2D eigenvalue weighted by molar-refractivity contribution is 5.81. The first kappa shape index (κ1) is 20.8. The standard InChI is InChI=1S/C24H27N5O2/c1-17-14-25-24(27-23(17)29-13-12-18-6-4-5-7-22(18)29)26-19-8-10-21(11-9-19)31-16-20(30)15-28(2)3/h4-14,20,30H,15-16H2,1-3H3,(H,25,26,27). The summed E-state index contributed by atoms with van der Waals surface area (Å²) >= 11 is 0. The minimum atomic E-state index is -0.531. The molecule has 160 valence electrons. The predicted octanol–water partition coefficient (Wildman–Crippen LogP) is 3.77. The normalized spacial score (nSPS) is 12.3. The van der Waals surface area contributed by atoms with Crippen molar-refractivity contribution in [3.8, 4) is 11.6 Å². The Morgan fingerprint density at radius 3 is 2.65 bits per heavy atom. The molecule has 2 aromatic carbocycles. The maximum Gasteiger partial charge on any atom is 0.229 e. The van der Waals surface area contributed by atoms with E-state index in [4.69, 9.17) is 9.72 Å². The molecule has 0 aliphatic carbocycles. The number of aliphatic hydroxyl groups is 1. The molecular formula is C24H27N5O2. The van der Waals surface area contributed by atoms with Gasteiger partial charge in [0.15, 0.2) is 0 Å². The molecular weight excluding hydrogens is 390 g/mol. The van der Waals surface area contributed by atoms with Crippen molar-refractivity contribution in [3.05, 3.63) is 72.6 Å². The molecule has 0 amide bonds. The van der Waals surface area contributed by atoms with E-state index in [9.17, 15) is 5.11 Å². The van der Waals surface area contributed by atoms with E-state index in [1.807, 2.05) is 74.7 Å². The number of ether oxygens (including phenoxy) is 1. The Balaban J connectivity index is 1.47. The number of anilines is 2. The van der Waals surface area contributed by atoms with Gasteiger partial charge in [-0.3, -0.25) is 0 Å². The van der Waals surface area contributed by atoms with Gasteiger partial charge in [0.25, 0.3) is 0 Å². The first-order valence-electron chi connectivity index (χ1n) is 10.2. The number of likely N-dealkylation sites (N-methyl/N-ethyl adjacent to an activating group) is 1. The van der Waals surface area contributed by atoms with Crippen LogP contribution in [0.4, 0.5) is 11.6 Å². The van der Waals surface area contributed by atoms with Crippen molar-refractivity contribution in [3.63, 3.8) is 0 Å². The lowest BCUT2D eigenvalue weighted by atomic mass is 10.2. The highest BCUT2D eigenvalue weighted by Crippen LogP contribution is 2.23. The number of hydrogen-bond acceptors (Lipinski definition) is 6. The van der Waals surface area contributed by atoms with Crippen molar-refractivity contribution in [1.29, 1.82) is 0 Å². The van der Waals surface area contributed by atoms with Gasteiger partial charge in [-0.05, 0) is 62.8 Å². The molecule has 7 heteroatoms. The second-order valence-electron chi connectivity index (χ2n) is 7.82. The summed E-state index contributed by atoms with van der Waals surface area (Å²) in [7, 11) is 3.84. The minimum absolute atomic E-state index is 0.250. The Morgan fingerprint density at radius 1 is 1.10 bits per heavy atom. The first-order chi connectivity index (χ1) is 15.0. The summed E-state index contributed by atoms with van der Waals surface area (Å²) in [5.74, 6) is 2.06. The van der Waals surface area contributed by atoms with Crippen LogP contribution < -0.4 is 10.1 Å². The molecule has 0 spiro atoms. The zero-order valence-electron chi connectivity index (χ0n) is 18.0. The summed E-state index contributed by atoms with van der Waals surface area (Å²) in [6.45, 7) is 2.81. The van der Waals surface area contributed by atoms with Gasteiger partial charge >= 0.3 is 0 Å². The van der Waals surface area contributed by atoms with Gasteiger partial charge in [-0.2, -0.15) is 4.98 Å². The predicted molar refractivity (Wildman–Crippen MR) is 123 cm³/mol. The summed E-state index contributed by atoms with van der Waals surface area (Å²) < 4.78 is 7.74. The van der Waals surface area contributed by atoms with Gasteiger partial charge in [0.2, 0.25) is 5.95 Å². The van der Waals surface area contributed by atoms with Crippen LogP contribution >= 0.6 is 0 Å². The highest BCUT2D eigenvalue weighted by Gasteiger charge is 2.10. The van der Waals surface area contributed by atoms with Crippen LogP contribution in [-0.2, 0) is 0 Å². The Kier molecular flexibility index (Phi) is 6.16. The van der Waals surface area contributed by atoms with Crippen LogP contribution in [0.3, 0.4) is 0 Å². The van der Waals surface area contributed by atoms with E-state index in [1.165, 1.54) is 5.39 Å². The molecule has 1 atom stereocenters. The van der Waals surface area contributed by atoms with Crippen LogP contribution in [0.25, 0.3) is 16.7 Å². The van der Waals surface area contributed by atoms with E-state index in [2.05, 4.69) is 33.1 Å². The number of benzene rings is 2. The van der Waals surface area contributed by atoms with Crippen LogP contribution in [0.15, 0.2) is 67.0 Å². The molecule has 4 aromatic rings. The molecule has 0 aliphatic heterocycles. The van der Waals surface area contributed by atoms with Gasteiger partial charge in [0.1, 0.15) is 24.3 Å². The Labute approximate surface area is 181 Å².